The molecule has 0 bridgehead atoms. The minimum absolute atomic E-state index is 0.0793. The van der Waals surface area contributed by atoms with Gasteiger partial charge < -0.3 is 4.57 Å². The Morgan fingerprint density at radius 1 is 0.400 bits per heavy atom. The highest BCUT2D eigenvalue weighted by Crippen LogP contribution is 2.52. The monoisotopic (exact) mass is 699 g/mol. The molecule has 1 nitrogen and oxygen atoms in total. The lowest BCUT2D eigenvalue weighted by molar-refractivity contribution is 0.661. The Hall–Kier alpha value is -6.70. The zero-order valence-corrected chi connectivity index (χ0v) is 30.8. The van der Waals surface area contributed by atoms with Gasteiger partial charge in [-0.1, -0.05) is 153 Å². The lowest BCUT2D eigenvalue weighted by Gasteiger charge is -2.21. The van der Waals surface area contributed by atoms with Gasteiger partial charge in [-0.3, -0.25) is 0 Å². The molecule has 0 radical (unpaired) electrons. The summed E-state index contributed by atoms with van der Waals surface area (Å²) in [5.41, 5.74) is 18.3. The van der Waals surface area contributed by atoms with E-state index in [1.807, 2.05) is 0 Å². The van der Waals surface area contributed by atoms with Crippen molar-refractivity contribution in [2.45, 2.75) is 25.2 Å². The third-order valence-corrected chi connectivity index (χ3v) is 12.8. The van der Waals surface area contributed by atoms with Gasteiger partial charge in [0, 0.05) is 27.8 Å². The Labute approximate surface area is 320 Å². The van der Waals surface area contributed by atoms with E-state index in [1.165, 1.54) is 110 Å². The molecule has 9 aromatic carbocycles. The number of hydrogen-bond acceptors (Lipinski definition) is 0. The molecule has 1 heteroatoms. The van der Waals surface area contributed by atoms with Crippen LogP contribution in [-0.2, 0) is 5.41 Å². The summed E-state index contributed by atoms with van der Waals surface area (Å²) >= 11 is 0. The summed E-state index contributed by atoms with van der Waals surface area (Å²) < 4.78 is 2.49. The fraction of sp³-hybridized carbons (Fsp3) is 0.0741. The van der Waals surface area contributed by atoms with Crippen LogP contribution in [0.25, 0.3) is 82.4 Å². The Kier molecular flexibility index (Phi) is 6.24. The van der Waals surface area contributed by atoms with E-state index in [1.54, 1.807) is 0 Å². The smallest absolute Gasteiger partial charge is 0.0547 e. The van der Waals surface area contributed by atoms with E-state index in [0.29, 0.717) is 0 Å². The molecular weight excluding hydrogens is 663 g/mol. The molecule has 0 aliphatic heterocycles. The molecule has 10 aromatic rings. The molecule has 1 heterocycles. The van der Waals surface area contributed by atoms with Gasteiger partial charge in [0.15, 0.2) is 0 Å². The predicted octanol–water partition coefficient (Wildman–Crippen LogP) is 14.2. The van der Waals surface area contributed by atoms with Crippen LogP contribution in [-0.4, -0.2) is 4.57 Å². The summed E-state index contributed by atoms with van der Waals surface area (Å²) in [6.45, 7) is 4.76. The first-order valence-corrected chi connectivity index (χ1v) is 19.5. The maximum absolute atomic E-state index is 2.50. The zero-order valence-electron chi connectivity index (χ0n) is 30.8. The quantitative estimate of drug-likeness (QED) is 0.173. The number of fused-ring (bicyclic) bond motifs is 11. The minimum atomic E-state index is -0.0793. The predicted molar refractivity (Wildman–Crippen MR) is 232 cm³/mol. The molecule has 0 spiro atoms. The molecule has 2 aliphatic carbocycles. The van der Waals surface area contributed by atoms with Gasteiger partial charge in [0.2, 0.25) is 0 Å². The second-order valence-electron chi connectivity index (χ2n) is 16.1. The summed E-state index contributed by atoms with van der Waals surface area (Å²) in [5.74, 6) is 0.210. The van der Waals surface area contributed by atoms with Crippen LogP contribution in [0.15, 0.2) is 182 Å². The Morgan fingerprint density at radius 3 is 1.87 bits per heavy atom. The maximum atomic E-state index is 2.50. The average molecular weight is 700 g/mol. The molecule has 12 rings (SSSR count). The Balaban J connectivity index is 1.06. The third-order valence-electron chi connectivity index (χ3n) is 12.8. The summed E-state index contributed by atoms with van der Waals surface area (Å²) in [5, 5.41) is 7.66. The molecule has 258 valence electrons. The molecule has 1 atom stereocenters. The van der Waals surface area contributed by atoms with Crippen molar-refractivity contribution in [3.63, 3.8) is 0 Å². The van der Waals surface area contributed by atoms with Gasteiger partial charge in [0.25, 0.3) is 0 Å². The van der Waals surface area contributed by atoms with Crippen molar-refractivity contribution in [3.05, 3.63) is 210 Å². The normalized spacial score (nSPS) is 15.1. The van der Waals surface area contributed by atoms with Crippen LogP contribution in [0.2, 0.25) is 0 Å². The highest BCUT2D eigenvalue weighted by Gasteiger charge is 2.36. The first kappa shape index (κ1) is 30.7. The maximum Gasteiger partial charge on any atom is 0.0547 e. The van der Waals surface area contributed by atoms with E-state index in [2.05, 4.69) is 200 Å². The lowest BCUT2D eigenvalue weighted by Crippen LogP contribution is -2.14. The van der Waals surface area contributed by atoms with Crippen molar-refractivity contribution in [2.75, 3.05) is 0 Å². The van der Waals surface area contributed by atoms with E-state index in [4.69, 9.17) is 0 Å². The average Bonchev–Trinajstić information content (AvgIpc) is 3.82. The van der Waals surface area contributed by atoms with Crippen molar-refractivity contribution < 1.29 is 0 Å². The molecular formula is C54H37N. The van der Waals surface area contributed by atoms with Crippen molar-refractivity contribution in [1.29, 1.82) is 0 Å². The molecule has 0 fully saturated rings. The standard InChI is InChI=1S/C54H37N/c1-54(2)49-18-10-9-16-42(49)46-32-52-48(31-50(46)54)47-30-38(23-26-51(47)55(52)40-24-21-34-12-4-6-14-36(34)28-40)37-22-25-44-45(29-37)41-15-7-8-17-43(41)53(44)39-20-19-33-11-3-5-13-35(33)27-39/h3-32,53H,1-2H3. The largest absolute Gasteiger partial charge is 0.309 e. The van der Waals surface area contributed by atoms with Crippen LogP contribution < -0.4 is 0 Å². The molecule has 55 heavy (non-hydrogen) atoms. The van der Waals surface area contributed by atoms with Crippen molar-refractivity contribution in [2.24, 2.45) is 0 Å². The fourth-order valence-electron chi connectivity index (χ4n) is 10.1. The van der Waals surface area contributed by atoms with E-state index in [0.717, 1.165) is 0 Å². The number of rotatable bonds is 3. The van der Waals surface area contributed by atoms with Crippen LogP contribution in [0.3, 0.4) is 0 Å². The van der Waals surface area contributed by atoms with Gasteiger partial charge in [-0.25, -0.2) is 0 Å². The summed E-state index contributed by atoms with van der Waals surface area (Å²) in [7, 11) is 0. The van der Waals surface area contributed by atoms with E-state index < -0.39 is 0 Å². The minimum Gasteiger partial charge on any atom is -0.309 e. The number of hydrogen-bond donors (Lipinski definition) is 0. The zero-order chi connectivity index (χ0) is 36.4. The van der Waals surface area contributed by atoms with Crippen LogP contribution in [0, 0.1) is 0 Å². The molecule has 0 saturated heterocycles. The van der Waals surface area contributed by atoms with Crippen LogP contribution >= 0.6 is 0 Å². The topological polar surface area (TPSA) is 4.93 Å². The lowest BCUT2D eigenvalue weighted by atomic mass is 9.82. The molecule has 1 aromatic heterocycles. The summed E-state index contributed by atoms with van der Waals surface area (Å²) in [6, 6.07) is 68.5. The van der Waals surface area contributed by atoms with Crippen molar-refractivity contribution >= 4 is 43.4 Å². The van der Waals surface area contributed by atoms with Gasteiger partial charge in [-0.05, 0) is 125 Å². The van der Waals surface area contributed by atoms with Crippen LogP contribution in [0.5, 0.6) is 0 Å². The van der Waals surface area contributed by atoms with Gasteiger partial charge >= 0.3 is 0 Å². The van der Waals surface area contributed by atoms with Crippen molar-refractivity contribution in [3.8, 4) is 39.1 Å². The van der Waals surface area contributed by atoms with E-state index in [-0.39, 0.29) is 11.3 Å². The first-order valence-electron chi connectivity index (χ1n) is 19.5. The Bertz CT molecular complexity index is 3250. The molecule has 0 N–H and O–H groups in total. The summed E-state index contributed by atoms with van der Waals surface area (Å²) in [4.78, 5) is 0. The third kappa shape index (κ3) is 4.35. The molecule has 2 aliphatic rings. The fourth-order valence-corrected chi connectivity index (χ4v) is 10.1. The van der Waals surface area contributed by atoms with Crippen LogP contribution in [0.4, 0.5) is 0 Å². The number of nitrogens with zero attached hydrogens (tertiary/aromatic N) is 1. The summed E-state index contributed by atoms with van der Waals surface area (Å²) in [6.07, 6.45) is 0. The molecule has 0 amide bonds. The van der Waals surface area contributed by atoms with Gasteiger partial charge in [-0.2, -0.15) is 0 Å². The second kappa shape index (κ2) is 11.2. The molecule has 1 unspecified atom stereocenters. The Morgan fingerprint density at radius 2 is 1.04 bits per heavy atom. The van der Waals surface area contributed by atoms with Gasteiger partial charge in [0.05, 0.1) is 11.0 Å². The van der Waals surface area contributed by atoms with E-state index in [9.17, 15) is 0 Å². The molecule has 0 saturated carbocycles. The first-order chi connectivity index (χ1) is 27.0. The highest BCUT2D eigenvalue weighted by molar-refractivity contribution is 6.13. The highest BCUT2D eigenvalue weighted by atomic mass is 15.0. The number of benzene rings is 9. The van der Waals surface area contributed by atoms with Crippen LogP contribution in [0.1, 0.15) is 47.6 Å². The van der Waals surface area contributed by atoms with Gasteiger partial charge in [-0.15, -0.1) is 0 Å². The van der Waals surface area contributed by atoms with Gasteiger partial charge in [0.1, 0.15) is 0 Å². The SMILES string of the molecule is CC1(C)c2ccccc2-c2cc3c(cc21)c1cc(-c2ccc4c(c2)-c2ccccc2C4c2ccc4ccccc4c2)ccc1n3-c1ccc2ccccc2c1. The van der Waals surface area contributed by atoms with Crippen molar-refractivity contribution in [1.82, 2.24) is 4.57 Å². The second-order valence-corrected chi connectivity index (χ2v) is 16.1. The van der Waals surface area contributed by atoms with E-state index >= 15 is 0 Å². The number of aromatic nitrogens is 1.